The van der Waals surface area contributed by atoms with E-state index in [1.54, 1.807) is 7.11 Å². The first-order valence-corrected chi connectivity index (χ1v) is 5.19. The Hall–Kier alpha value is -1.18. The largest absolute Gasteiger partial charge is 0.497 e. The monoisotopic (exact) mass is 193 g/mol. The van der Waals surface area contributed by atoms with E-state index in [1.807, 2.05) is 19.9 Å². The molecule has 2 nitrogen and oxygen atoms in total. The van der Waals surface area contributed by atoms with Crippen molar-refractivity contribution in [2.45, 2.75) is 20.3 Å². The van der Waals surface area contributed by atoms with Crippen molar-refractivity contribution in [3.63, 3.8) is 0 Å². The predicted molar refractivity (Wildman–Crippen MR) is 61.3 cm³/mol. The summed E-state index contributed by atoms with van der Waals surface area (Å²) in [5, 5.41) is 0. The molecule has 2 heteroatoms. The van der Waals surface area contributed by atoms with Crippen LogP contribution in [0.15, 0.2) is 18.2 Å². The molecule has 1 aromatic rings. The van der Waals surface area contributed by atoms with E-state index in [-0.39, 0.29) is 0 Å². The summed E-state index contributed by atoms with van der Waals surface area (Å²) in [7, 11) is 3.82. The average Bonchev–Trinajstić information content (AvgIpc) is 2.63. The fraction of sp³-hybridized carbons (Fsp3) is 0.500. The summed E-state index contributed by atoms with van der Waals surface area (Å²) in [6.07, 6.45) is 1.16. The Bertz CT molecular complexity index is 296. The average molecular weight is 193 g/mol. The first-order valence-electron chi connectivity index (χ1n) is 5.19. The number of hydrogen-bond acceptors (Lipinski definition) is 2. The molecule has 0 bridgehead atoms. The van der Waals surface area contributed by atoms with Crippen molar-refractivity contribution in [1.29, 1.82) is 0 Å². The van der Waals surface area contributed by atoms with Gasteiger partial charge in [-0.2, -0.15) is 0 Å². The summed E-state index contributed by atoms with van der Waals surface area (Å²) >= 11 is 0. The van der Waals surface area contributed by atoms with Gasteiger partial charge in [0.05, 0.1) is 7.11 Å². The fourth-order valence-electron chi connectivity index (χ4n) is 1.65. The lowest BCUT2D eigenvalue weighted by atomic mass is 10.1. The number of fused-ring (bicyclic) bond motifs is 1. The van der Waals surface area contributed by atoms with Crippen LogP contribution in [-0.4, -0.2) is 20.7 Å². The van der Waals surface area contributed by atoms with Gasteiger partial charge in [-0.1, -0.05) is 19.9 Å². The van der Waals surface area contributed by atoms with E-state index >= 15 is 0 Å². The van der Waals surface area contributed by atoms with Crippen LogP contribution < -0.4 is 9.64 Å². The Morgan fingerprint density at radius 1 is 1.29 bits per heavy atom. The second-order valence-electron chi connectivity index (χ2n) is 3.17. The Balaban J connectivity index is 0.000000461. The van der Waals surface area contributed by atoms with E-state index in [2.05, 4.69) is 24.1 Å². The van der Waals surface area contributed by atoms with Gasteiger partial charge in [-0.15, -0.1) is 0 Å². The van der Waals surface area contributed by atoms with Crippen molar-refractivity contribution in [2.75, 3.05) is 25.6 Å². The summed E-state index contributed by atoms with van der Waals surface area (Å²) in [5.74, 6) is 0.947. The number of benzene rings is 1. The van der Waals surface area contributed by atoms with Crippen LogP contribution in [0.1, 0.15) is 19.4 Å². The minimum atomic E-state index is 0.947. The molecule has 0 unspecified atom stereocenters. The van der Waals surface area contributed by atoms with Gasteiger partial charge in [-0.05, 0) is 18.1 Å². The van der Waals surface area contributed by atoms with Crippen molar-refractivity contribution >= 4 is 5.69 Å². The summed E-state index contributed by atoms with van der Waals surface area (Å²) in [4.78, 5) is 2.26. The quantitative estimate of drug-likeness (QED) is 0.680. The normalized spacial score (nSPS) is 13.0. The van der Waals surface area contributed by atoms with Gasteiger partial charge in [0.15, 0.2) is 0 Å². The van der Waals surface area contributed by atoms with E-state index in [9.17, 15) is 0 Å². The first kappa shape index (κ1) is 10.9. The maximum absolute atomic E-state index is 5.16. The molecule has 78 valence electrons. The molecule has 1 aliphatic rings. The highest BCUT2D eigenvalue weighted by molar-refractivity contribution is 5.60. The highest BCUT2D eigenvalue weighted by Crippen LogP contribution is 2.30. The molecule has 0 aliphatic carbocycles. The predicted octanol–water partition coefficient (Wildman–Crippen LogP) is 2.71. The van der Waals surface area contributed by atoms with Crippen LogP contribution >= 0.6 is 0 Å². The number of hydrogen-bond donors (Lipinski definition) is 0. The number of ether oxygens (including phenoxy) is 1. The van der Waals surface area contributed by atoms with Gasteiger partial charge in [-0.3, -0.25) is 0 Å². The van der Waals surface area contributed by atoms with Crippen molar-refractivity contribution in [1.82, 2.24) is 0 Å². The first-order chi connectivity index (χ1) is 6.81. The molecule has 0 saturated heterocycles. The van der Waals surface area contributed by atoms with E-state index < -0.39 is 0 Å². The van der Waals surface area contributed by atoms with Crippen molar-refractivity contribution < 1.29 is 4.74 Å². The number of rotatable bonds is 1. The molecular weight excluding hydrogens is 174 g/mol. The zero-order chi connectivity index (χ0) is 10.6. The van der Waals surface area contributed by atoms with Gasteiger partial charge in [-0.25, -0.2) is 0 Å². The minimum Gasteiger partial charge on any atom is -0.497 e. The second kappa shape index (κ2) is 4.89. The van der Waals surface area contributed by atoms with Gasteiger partial charge >= 0.3 is 0 Å². The van der Waals surface area contributed by atoms with Crippen LogP contribution in [0.25, 0.3) is 0 Å². The van der Waals surface area contributed by atoms with Crippen LogP contribution in [0.5, 0.6) is 5.75 Å². The SMILES string of the molecule is CC.COc1ccc2c(c1)N(C)CC2. The van der Waals surface area contributed by atoms with Gasteiger partial charge in [0.1, 0.15) is 5.75 Å². The third-order valence-electron chi connectivity index (χ3n) is 2.42. The second-order valence-corrected chi connectivity index (χ2v) is 3.17. The Labute approximate surface area is 86.5 Å². The molecule has 2 rings (SSSR count). The molecule has 1 aromatic carbocycles. The molecule has 0 fully saturated rings. The van der Waals surface area contributed by atoms with Crippen molar-refractivity contribution in [2.24, 2.45) is 0 Å². The molecule has 0 spiro atoms. The third-order valence-corrected chi connectivity index (χ3v) is 2.42. The van der Waals surface area contributed by atoms with Crippen LogP contribution in [0.3, 0.4) is 0 Å². The molecule has 0 N–H and O–H groups in total. The summed E-state index contributed by atoms with van der Waals surface area (Å²) in [6.45, 7) is 5.13. The van der Waals surface area contributed by atoms with E-state index in [0.717, 1.165) is 18.7 Å². The molecule has 0 aromatic heterocycles. The Kier molecular flexibility index (Phi) is 3.81. The van der Waals surface area contributed by atoms with Crippen LogP contribution in [0.4, 0.5) is 5.69 Å². The van der Waals surface area contributed by atoms with Gasteiger partial charge in [0.25, 0.3) is 0 Å². The standard InChI is InChI=1S/C10H13NO.C2H6/c1-11-6-5-8-3-4-9(12-2)7-10(8)11;1-2/h3-4,7H,5-6H2,1-2H3;1-2H3. The summed E-state index contributed by atoms with van der Waals surface area (Å²) in [6, 6.07) is 6.28. The van der Waals surface area contributed by atoms with Crippen LogP contribution in [0.2, 0.25) is 0 Å². The molecular formula is C12H19NO. The lowest BCUT2D eigenvalue weighted by Gasteiger charge is -2.12. The third kappa shape index (κ3) is 2.00. The minimum absolute atomic E-state index is 0.947. The van der Waals surface area contributed by atoms with Crippen molar-refractivity contribution in [3.05, 3.63) is 23.8 Å². The summed E-state index contributed by atoms with van der Waals surface area (Å²) < 4.78 is 5.16. The van der Waals surface area contributed by atoms with Crippen LogP contribution in [0, 0.1) is 0 Å². The lowest BCUT2D eigenvalue weighted by Crippen LogP contribution is -2.12. The van der Waals surface area contributed by atoms with Gasteiger partial charge in [0.2, 0.25) is 0 Å². The van der Waals surface area contributed by atoms with E-state index in [4.69, 9.17) is 4.74 Å². The molecule has 1 aliphatic heterocycles. The van der Waals surface area contributed by atoms with E-state index in [1.165, 1.54) is 11.3 Å². The van der Waals surface area contributed by atoms with Crippen LogP contribution in [-0.2, 0) is 6.42 Å². The molecule has 0 atom stereocenters. The summed E-state index contributed by atoms with van der Waals surface area (Å²) in [5.41, 5.74) is 2.74. The molecule has 0 saturated carbocycles. The number of nitrogens with zero attached hydrogens (tertiary/aromatic N) is 1. The lowest BCUT2D eigenvalue weighted by molar-refractivity contribution is 0.415. The maximum Gasteiger partial charge on any atom is 0.120 e. The van der Waals surface area contributed by atoms with Crippen molar-refractivity contribution in [3.8, 4) is 5.75 Å². The fourth-order valence-corrected chi connectivity index (χ4v) is 1.65. The number of methoxy groups -OCH3 is 1. The Morgan fingerprint density at radius 3 is 2.64 bits per heavy atom. The van der Waals surface area contributed by atoms with E-state index in [0.29, 0.717) is 0 Å². The zero-order valence-corrected chi connectivity index (χ0v) is 9.50. The number of anilines is 1. The van der Waals surface area contributed by atoms with Gasteiger partial charge < -0.3 is 9.64 Å². The number of likely N-dealkylation sites (N-methyl/N-ethyl adjacent to an activating group) is 1. The maximum atomic E-state index is 5.16. The highest BCUT2D eigenvalue weighted by Gasteiger charge is 2.15. The highest BCUT2D eigenvalue weighted by atomic mass is 16.5. The molecule has 14 heavy (non-hydrogen) atoms. The molecule has 0 amide bonds. The Morgan fingerprint density at radius 2 is 2.00 bits per heavy atom. The van der Waals surface area contributed by atoms with Gasteiger partial charge in [0, 0.05) is 25.3 Å². The molecule has 0 radical (unpaired) electrons. The zero-order valence-electron chi connectivity index (χ0n) is 9.50. The smallest absolute Gasteiger partial charge is 0.120 e. The molecule has 1 heterocycles. The topological polar surface area (TPSA) is 12.5 Å².